The lowest BCUT2D eigenvalue weighted by atomic mass is 9.66. The lowest BCUT2D eigenvalue weighted by molar-refractivity contribution is 0.725. The second-order valence-electron chi connectivity index (χ2n) is 14.4. The van der Waals surface area contributed by atoms with E-state index in [0.29, 0.717) is 5.82 Å². The first kappa shape index (κ1) is 32.0. The normalized spacial score (nSPS) is 13.1. The summed E-state index contributed by atoms with van der Waals surface area (Å²) in [6.07, 6.45) is 1.94. The van der Waals surface area contributed by atoms with Crippen LogP contribution in [0.3, 0.4) is 0 Å². The number of rotatable bonds is 5. The molecule has 0 radical (unpaired) electrons. The summed E-state index contributed by atoms with van der Waals surface area (Å²) in [7, 11) is 0. The van der Waals surface area contributed by atoms with E-state index in [1.807, 2.05) is 42.6 Å². The monoisotopic (exact) mass is 714 g/mol. The number of nitrogens with zero attached hydrogens (tertiary/aromatic N) is 4. The Kier molecular flexibility index (Phi) is 7.36. The Morgan fingerprint density at radius 3 is 1.54 bits per heavy atom. The fraction of sp³-hybridized carbons (Fsp3) is 0.0192. The van der Waals surface area contributed by atoms with Gasteiger partial charge in [-0.15, -0.1) is 0 Å². The van der Waals surface area contributed by atoms with Crippen molar-refractivity contribution < 1.29 is 0 Å². The molecule has 4 heteroatoms. The summed E-state index contributed by atoms with van der Waals surface area (Å²) in [5, 5.41) is 0. The zero-order valence-corrected chi connectivity index (χ0v) is 30.4. The minimum absolute atomic E-state index is 0.611. The first-order valence-electron chi connectivity index (χ1n) is 19.0. The Balaban J connectivity index is 1.06. The molecule has 0 saturated heterocycles. The van der Waals surface area contributed by atoms with Gasteiger partial charge in [-0.3, -0.25) is 4.98 Å². The Labute approximate surface area is 326 Å². The highest BCUT2D eigenvalue weighted by Crippen LogP contribution is 2.63. The predicted octanol–water partition coefficient (Wildman–Crippen LogP) is 12.7. The van der Waals surface area contributed by atoms with Crippen molar-refractivity contribution >= 4 is 17.1 Å². The van der Waals surface area contributed by atoms with Gasteiger partial charge in [-0.2, -0.15) is 0 Å². The standard InChI is InChI=1S/C52H34N4/c1-4-15-36(16-5-1)46-34-47(37-17-6-2-7-18-37)55-51(54-46)38-28-26-35(27-29-38)39-30-31-41-42-21-14-32-53-50(42)52(45(41)33-39)43-22-10-12-24-48(43)56(40-19-8-3-9-20-40)49-25-13-11-23-44(49)52/h1-34H. The van der Waals surface area contributed by atoms with Crippen LogP contribution in [0.4, 0.5) is 17.1 Å². The zero-order chi connectivity index (χ0) is 37.1. The van der Waals surface area contributed by atoms with Gasteiger partial charge in [0, 0.05) is 34.1 Å². The van der Waals surface area contributed by atoms with E-state index in [-0.39, 0.29) is 0 Å². The highest BCUT2D eigenvalue weighted by atomic mass is 15.2. The summed E-state index contributed by atoms with van der Waals surface area (Å²) in [4.78, 5) is 17.8. The molecule has 0 amide bonds. The van der Waals surface area contributed by atoms with Gasteiger partial charge >= 0.3 is 0 Å². The minimum Gasteiger partial charge on any atom is -0.310 e. The lowest BCUT2D eigenvalue weighted by Crippen LogP contribution is -2.36. The summed E-state index contributed by atoms with van der Waals surface area (Å²) in [6.45, 7) is 0. The van der Waals surface area contributed by atoms with Gasteiger partial charge < -0.3 is 4.90 Å². The summed E-state index contributed by atoms with van der Waals surface area (Å²) < 4.78 is 0. The number of pyridine rings is 1. The first-order valence-corrected chi connectivity index (χ1v) is 19.0. The van der Waals surface area contributed by atoms with Crippen molar-refractivity contribution in [3.63, 3.8) is 0 Å². The predicted molar refractivity (Wildman–Crippen MR) is 227 cm³/mol. The quantitative estimate of drug-likeness (QED) is 0.178. The average molecular weight is 715 g/mol. The molecule has 0 bridgehead atoms. The number of para-hydroxylation sites is 3. The minimum atomic E-state index is -0.611. The van der Waals surface area contributed by atoms with E-state index >= 15 is 0 Å². The molecule has 1 aliphatic heterocycles. The van der Waals surface area contributed by atoms with Crippen LogP contribution in [0, 0.1) is 0 Å². The van der Waals surface area contributed by atoms with E-state index in [1.165, 1.54) is 27.8 Å². The van der Waals surface area contributed by atoms with E-state index in [1.54, 1.807) is 0 Å². The maximum absolute atomic E-state index is 5.22. The number of aromatic nitrogens is 3. The Bertz CT molecular complexity index is 2800. The molecule has 2 aromatic heterocycles. The molecule has 56 heavy (non-hydrogen) atoms. The number of benzene rings is 7. The SMILES string of the molecule is c1ccc(-c2cc(-c3ccccc3)nc(-c3ccc(-c4ccc5c(c4)C4(c6ccccc6N(c6ccccc6)c6ccccc64)c4ncccc4-5)cc3)n2)cc1. The van der Waals surface area contributed by atoms with Crippen molar-refractivity contribution in [2.24, 2.45) is 0 Å². The van der Waals surface area contributed by atoms with E-state index in [9.17, 15) is 0 Å². The third kappa shape index (κ3) is 4.89. The van der Waals surface area contributed by atoms with Gasteiger partial charge in [0.05, 0.1) is 33.9 Å². The Morgan fingerprint density at radius 2 is 0.911 bits per heavy atom. The molecule has 0 unspecified atom stereocenters. The van der Waals surface area contributed by atoms with Gasteiger partial charge in [0.25, 0.3) is 0 Å². The van der Waals surface area contributed by atoms with E-state index in [2.05, 4.69) is 169 Å². The van der Waals surface area contributed by atoms with E-state index in [0.717, 1.165) is 62.0 Å². The molecule has 4 nitrogen and oxygen atoms in total. The third-order valence-electron chi connectivity index (χ3n) is 11.3. The molecule has 0 saturated carbocycles. The van der Waals surface area contributed by atoms with E-state index < -0.39 is 5.41 Å². The molecule has 9 aromatic rings. The fourth-order valence-corrected chi connectivity index (χ4v) is 8.87. The topological polar surface area (TPSA) is 41.9 Å². The molecule has 1 aliphatic carbocycles. The number of anilines is 3. The molecule has 0 atom stereocenters. The molecule has 3 heterocycles. The van der Waals surface area contributed by atoms with Crippen molar-refractivity contribution in [2.45, 2.75) is 5.41 Å². The fourth-order valence-electron chi connectivity index (χ4n) is 8.87. The number of fused-ring (bicyclic) bond motifs is 9. The third-order valence-corrected chi connectivity index (χ3v) is 11.3. The van der Waals surface area contributed by atoms with Gasteiger partial charge in [0.15, 0.2) is 5.82 Å². The summed E-state index contributed by atoms with van der Waals surface area (Å²) >= 11 is 0. The van der Waals surface area contributed by atoms with Gasteiger partial charge in [0.1, 0.15) is 0 Å². The molecule has 7 aromatic carbocycles. The maximum Gasteiger partial charge on any atom is 0.160 e. The van der Waals surface area contributed by atoms with Gasteiger partial charge in [-0.05, 0) is 75.8 Å². The van der Waals surface area contributed by atoms with Gasteiger partial charge in [-0.25, -0.2) is 9.97 Å². The molecular formula is C52H34N4. The van der Waals surface area contributed by atoms with Crippen LogP contribution in [-0.2, 0) is 5.41 Å². The van der Waals surface area contributed by atoms with Crippen LogP contribution in [0.25, 0.3) is 56.2 Å². The van der Waals surface area contributed by atoms with Crippen molar-refractivity contribution in [1.29, 1.82) is 0 Å². The van der Waals surface area contributed by atoms with Gasteiger partial charge in [-0.1, -0.05) is 158 Å². The zero-order valence-electron chi connectivity index (χ0n) is 30.4. The largest absolute Gasteiger partial charge is 0.310 e. The van der Waals surface area contributed by atoms with Crippen molar-refractivity contribution in [2.75, 3.05) is 4.90 Å². The van der Waals surface area contributed by atoms with Gasteiger partial charge in [0.2, 0.25) is 0 Å². The molecule has 11 rings (SSSR count). The van der Waals surface area contributed by atoms with Crippen LogP contribution in [0.1, 0.15) is 22.4 Å². The molecule has 2 aliphatic rings. The summed E-state index contributed by atoms with van der Waals surface area (Å²) in [6, 6.07) is 71.0. The van der Waals surface area contributed by atoms with Crippen molar-refractivity contribution in [1.82, 2.24) is 15.0 Å². The molecule has 1 spiro atoms. The Hall–Kier alpha value is -7.43. The summed E-state index contributed by atoms with van der Waals surface area (Å²) in [5.74, 6) is 0.699. The van der Waals surface area contributed by atoms with Crippen molar-refractivity contribution in [3.05, 3.63) is 229 Å². The second-order valence-corrected chi connectivity index (χ2v) is 14.4. The second kappa shape index (κ2) is 12.9. The highest BCUT2D eigenvalue weighted by molar-refractivity contribution is 5.96. The number of hydrogen-bond acceptors (Lipinski definition) is 4. The van der Waals surface area contributed by atoms with Crippen LogP contribution in [-0.4, -0.2) is 15.0 Å². The molecule has 0 N–H and O–H groups in total. The molecular weight excluding hydrogens is 681 g/mol. The maximum atomic E-state index is 5.22. The van der Waals surface area contributed by atoms with Crippen LogP contribution in [0.15, 0.2) is 206 Å². The van der Waals surface area contributed by atoms with Crippen LogP contribution < -0.4 is 4.90 Å². The first-order chi connectivity index (χ1) is 27.8. The smallest absolute Gasteiger partial charge is 0.160 e. The van der Waals surface area contributed by atoms with Crippen molar-refractivity contribution in [3.8, 4) is 56.2 Å². The number of hydrogen-bond donors (Lipinski definition) is 0. The van der Waals surface area contributed by atoms with Crippen LogP contribution >= 0.6 is 0 Å². The summed E-state index contributed by atoms with van der Waals surface area (Å²) in [5.41, 5.74) is 17.1. The lowest BCUT2D eigenvalue weighted by Gasteiger charge is -2.44. The van der Waals surface area contributed by atoms with E-state index in [4.69, 9.17) is 15.0 Å². The average Bonchev–Trinajstić information content (AvgIpc) is 3.57. The molecule has 262 valence electrons. The Morgan fingerprint density at radius 1 is 0.375 bits per heavy atom. The highest BCUT2D eigenvalue weighted by Gasteiger charge is 2.52. The van der Waals surface area contributed by atoms with Crippen LogP contribution in [0.5, 0.6) is 0 Å². The van der Waals surface area contributed by atoms with Crippen LogP contribution in [0.2, 0.25) is 0 Å². The molecule has 0 fully saturated rings.